The molecule has 4 heteroatoms. The Bertz CT molecular complexity index is 504. The van der Waals surface area contributed by atoms with Gasteiger partial charge in [0.25, 0.3) is 0 Å². The minimum absolute atomic E-state index is 0.0140. The molecule has 0 bridgehead atoms. The number of rotatable bonds is 2. The van der Waals surface area contributed by atoms with Crippen molar-refractivity contribution in [2.75, 3.05) is 6.61 Å². The van der Waals surface area contributed by atoms with Gasteiger partial charge in [0.1, 0.15) is 0 Å². The molecule has 2 aromatic rings. The Morgan fingerprint density at radius 3 is 2.87 bits per heavy atom. The molecule has 0 N–H and O–H groups in total. The predicted molar refractivity (Wildman–Crippen MR) is 61.9 cm³/mol. The monoisotopic (exact) mass is 288 g/mol. The van der Waals surface area contributed by atoms with Crippen molar-refractivity contribution < 1.29 is 9.53 Å². The molecule has 0 aliphatic heterocycles. The number of esters is 1. The van der Waals surface area contributed by atoms with E-state index in [0.29, 0.717) is 16.1 Å². The summed E-state index contributed by atoms with van der Waals surface area (Å²) < 4.78 is 6.74. The first-order chi connectivity index (χ1) is 7.24. The summed E-state index contributed by atoms with van der Waals surface area (Å²) in [6, 6.07) is 7.82. The topological polar surface area (TPSA) is 26.3 Å². The third-order valence-electron chi connectivity index (χ3n) is 2.00. The van der Waals surface area contributed by atoms with Gasteiger partial charge in [0, 0.05) is 0 Å². The van der Waals surface area contributed by atoms with Crippen molar-refractivity contribution in [3.8, 4) is 0 Å². The molecule has 0 saturated carbocycles. The Labute approximate surface area is 98.5 Å². The molecule has 0 atom stereocenters. The van der Waals surface area contributed by atoms with Crippen LogP contribution < -0.4 is 0 Å². The van der Waals surface area contributed by atoms with Gasteiger partial charge in [0.15, 0.2) is 0 Å². The number of carbonyl (C=O) groups is 1. The van der Waals surface area contributed by atoms with Crippen LogP contribution in [0.4, 0.5) is 0 Å². The van der Waals surface area contributed by atoms with Gasteiger partial charge in [0.05, 0.1) is 0 Å². The van der Waals surface area contributed by atoms with Crippen molar-refractivity contribution >= 4 is 41.7 Å². The van der Waals surface area contributed by atoms with Crippen LogP contribution >= 0.6 is 11.6 Å². The number of benzene rings is 1. The number of ether oxygens (including phenoxy) is 1. The molecule has 1 aromatic heterocycles. The second-order valence-corrected chi connectivity index (χ2v) is 5.55. The first-order valence-electron chi connectivity index (χ1n) is 4.58. The van der Waals surface area contributed by atoms with Crippen molar-refractivity contribution in [1.29, 1.82) is 0 Å². The van der Waals surface area contributed by atoms with Crippen LogP contribution in [0, 0.1) is 0 Å². The normalized spacial score (nSPS) is 10.5. The summed E-state index contributed by atoms with van der Waals surface area (Å²) in [7, 11) is 0. The predicted octanol–water partition coefficient (Wildman–Crippen LogP) is 2.73. The fraction of sp³-hybridized carbons (Fsp3) is 0.182. The van der Waals surface area contributed by atoms with E-state index in [0.717, 1.165) is 9.65 Å². The molecular formula is C11H9ClO2Se. The zero-order valence-electron chi connectivity index (χ0n) is 8.12. The molecular weight excluding hydrogens is 279 g/mol. The zero-order valence-corrected chi connectivity index (χ0v) is 10.6. The van der Waals surface area contributed by atoms with Gasteiger partial charge in [-0.25, -0.2) is 0 Å². The van der Waals surface area contributed by atoms with Gasteiger partial charge in [-0.05, 0) is 0 Å². The summed E-state index contributed by atoms with van der Waals surface area (Å²) >= 11 is 6.12. The zero-order chi connectivity index (χ0) is 10.8. The molecule has 0 unspecified atom stereocenters. The van der Waals surface area contributed by atoms with E-state index in [1.165, 1.54) is 0 Å². The summed E-state index contributed by atoms with van der Waals surface area (Å²) in [5, 5.41) is 1.53. The van der Waals surface area contributed by atoms with Crippen LogP contribution in [0.5, 0.6) is 0 Å². The Balaban J connectivity index is 2.53. The molecule has 0 aliphatic carbocycles. The van der Waals surface area contributed by atoms with Crippen molar-refractivity contribution in [2.24, 2.45) is 0 Å². The van der Waals surface area contributed by atoms with E-state index in [2.05, 4.69) is 0 Å². The van der Waals surface area contributed by atoms with Gasteiger partial charge in [-0.15, -0.1) is 0 Å². The van der Waals surface area contributed by atoms with Gasteiger partial charge in [-0.2, -0.15) is 0 Å². The quantitative estimate of drug-likeness (QED) is 0.627. The number of fused-ring (bicyclic) bond motifs is 1. The van der Waals surface area contributed by atoms with Crippen molar-refractivity contribution in [3.63, 3.8) is 0 Å². The SMILES string of the molecule is CCOC(=O)c1[se]c2ccccc2c1Cl. The molecule has 1 aromatic carbocycles. The molecule has 1 heterocycles. The van der Waals surface area contributed by atoms with E-state index in [1.54, 1.807) is 6.92 Å². The second-order valence-electron chi connectivity index (χ2n) is 2.96. The fourth-order valence-corrected chi connectivity index (χ4v) is 3.99. The molecule has 0 aliphatic rings. The molecule has 0 saturated heterocycles. The molecule has 2 nitrogen and oxygen atoms in total. The Morgan fingerprint density at radius 1 is 1.47 bits per heavy atom. The first-order valence-corrected chi connectivity index (χ1v) is 6.67. The molecule has 15 heavy (non-hydrogen) atoms. The van der Waals surface area contributed by atoms with E-state index >= 15 is 0 Å². The summed E-state index contributed by atoms with van der Waals surface area (Å²) in [5.74, 6) is -0.279. The molecule has 78 valence electrons. The standard InChI is InChI=1S/C11H9ClO2Se/c1-2-14-11(13)10-9(12)7-5-3-4-6-8(7)15-10/h3-6H,2H2,1H3. The maximum absolute atomic E-state index is 11.6. The van der Waals surface area contributed by atoms with Crippen LogP contribution in [0.2, 0.25) is 5.02 Å². The van der Waals surface area contributed by atoms with E-state index in [9.17, 15) is 4.79 Å². The average Bonchev–Trinajstić information content (AvgIpc) is 2.57. The van der Waals surface area contributed by atoms with Crippen LogP contribution in [0.25, 0.3) is 9.65 Å². The van der Waals surface area contributed by atoms with Crippen LogP contribution in [0.1, 0.15) is 16.2 Å². The van der Waals surface area contributed by atoms with Gasteiger partial charge < -0.3 is 0 Å². The van der Waals surface area contributed by atoms with Crippen LogP contribution in [-0.2, 0) is 4.74 Å². The van der Waals surface area contributed by atoms with Crippen molar-refractivity contribution in [1.82, 2.24) is 0 Å². The minimum atomic E-state index is -0.279. The van der Waals surface area contributed by atoms with Crippen LogP contribution in [-0.4, -0.2) is 27.1 Å². The average molecular weight is 288 g/mol. The summed E-state index contributed by atoms with van der Waals surface area (Å²) in [6.07, 6.45) is 0. The number of hydrogen-bond donors (Lipinski definition) is 0. The van der Waals surface area contributed by atoms with Gasteiger partial charge in [-0.1, -0.05) is 0 Å². The Hall–Kier alpha value is -0.761. The first kappa shape index (κ1) is 10.7. The molecule has 0 fully saturated rings. The van der Waals surface area contributed by atoms with Gasteiger partial charge in [0.2, 0.25) is 0 Å². The summed E-state index contributed by atoms with van der Waals surface area (Å²) in [5.41, 5.74) is 0. The maximum atomic E-state index is 11.6. The van der Waals surface area contributed by atoms with Crippen LogP contribution in [0.3, 0.4) is 0 Å². The molecule has 2 rings (SSSR count). The third-order valence-corrected chi connectivity index (χ3v) is 5.06. The third kappa shape index (κ3) is 1.96. The summed E-state index contributed by atoms with van der Waals surface area (Å²) in [4.78, 5) is 11.6. The van der Waals surface area contributed by atoms with Crippen LogP contribution in [0.15, 0.2) is 24.3 Å². The number of halogens is 1. The van der Waals surface area contributed by atoms with Gasteiger partial charge >= 0.3 is 98.5 Å². The van der Waals surface area contributed by atoms with Gasteiger partial charge in [-0.3, -0.25) is 0 Å². The summed E-state index contributed by atoms with van der Waals surface area (Å²) in [6.45, 7) is 2.18. The second kappa shape index (κ2) is 4.40. The fourth-order valence-electron chi connectivity index (χ4n) is 1.34. The Kier molecular flexibility index (Phi) is 3.15. The van der Waals surface area contributed by atoms with Crippen molar-refractivity contribution in [3.05, 3.63) is 33.7 Å². The van der Waals surface area contributed by atoms with E-state index in [-0.39, 0.29) is 20.5 Å². The number of carbonyl (C=O) groups excluding carboxylic acids is 1. The van der Waals surface area contributed by atoms with E-state index in [4.69, 9.17) is 16.3 Å². The molecule has 0 radical (unpaired) electrons. The Morgan fingerprint density at radius 2 is 2.20 bits per heavy atom. The van der Waals surface area contributed by atoms with E-state index < -0.39 is 0 Å². The van der Waals surface area contributed by atoms with E-state index in [1.807, 2.05) is 24.3 Å². The number of hydrogen-bond acceptors (Lipinski definition) is 2. The van der Waals surface area contributed by atoms with Crippen molar-refractivity contribution in [2.45, 2.75) is 6.92 Å². The molecule has 0 amide bonds. The molecule has 0 spiro atoms.